The third kappa shape index (κ3) is 2.20. The second kappa shape index (κ2) is 5.38. The summed E-state index contributed by atoms with van der Waals surface area (Å²) >= 11 is 0. The quantitative estimate of drug-likeness (QED) is 0.794. The molecule has 94 valence electrons. The normalized spacial score (nSPS) is 13.9. The Bertz CT molecular complexity index is 566. The Morgan fingerprint density at radius 3 is 2.11 bits per heavy atom. The number of methoxy groups -OCH3 is 1. The van der Waals surface area contributed by atoms with Crippen LogP contribution in [0.1, 0.15) is 0 Å². The lowest BCUT2D eigenvalue weighted by molar-refractivity contribution is 0.402. The second-order valence-electron chi connectivity index (χ2n) is 3.74. The van der Waals surface area contributed by atoms with Gasteiger partial charge in [-0.15, -0.1) is 0 Å². The lowest BCUT2D eigenvalue weighted by Gasteiger charge is -2.19. The van der Waals surface area contributed by atoms with Crippen LogP contribution in [0.25, 0.3) is 0 Å². The summed E-state index contributed by atoms with van der Waals surface area (Å²) in [6.45, 7) is 0. The van der Waals surface area contributed by atoms with Crippen molar-refractivity contribution in [2.45, 2.75) is 0 Å². The SMILES string of the molecule is COc1ccccc1[P@@](=O)(OC)c1ccccc1. The zero-order chi connectivity index (χ0) is 13.0. The van der Waals surface area contributed by atoms with Crippen LogP contribution in [-0.2, 0) is 9.09 Å². The number of hydrogen-bond donors (Lipinski definition) is 0. The molecule has 18 heavy (non-hydrogen) atoms. The molecule has 0 aliphatic carbocycles. The van der Waals surface area contributed by atoms with Gasteiger partial charge in [-0.2, -0.15) is 0 Å². The van der Waals surface area contributed by atoms with E-state index in [0.29, 0.717) is 16.4 Å². The highest BCUT2D eigenvalue weighted by Crippen LogP contribution is 2.46. The molecule has 0 radical (unpaired) electrons. The van der Waals surface area contributed by atoms with Crippen molar-refractivity contribution in [1.29, 1.82) is 0 Å². The highest BCUT2D eigenvalue weighted by Gasteiger charge is 2.30. The highest BCUT2D eigenvalue weighted by atomic mass is 31.2. The molecule has 0 spiro atoms. The van der Waals surface area contributed by atoms with E-state index in [0.717, 1.165) is 0 Å². The van der Waals surface area contributed by atoms with Gasteiger partial charge in [0, 0.05) is 12.4 Å². The molecule has 0 aromatic heterocycles. The van der Waals surface area contributed by atoms with Crippen molar-refractivity contribution in [3.63, 3.8) is 0 Å². The number of para-hydroxylation sites is 1. The Morgan fingerprint density at radius 1 is 0.889 bits per heavy atom. The van der Waals surface area contributed by atoms with E-state index >= 15 is 0 Å². The minimum absolute atomic E-state index is 0.575. The molecule has 0 aliphatic heterocycles. The molecule has 0 bridgehead atoms. The van der Waals surface area contributed by atoms with E-state index in [9.17, 15) is 4.57 Å². The Morgan fingerprint density at radius 2 is 1.50 bits per heavy atom. The fourth-order valence-electron chi connectivity index (χ4n) is 1.84. The van der Waals surface area contributed by atoms with Gasteiger partial charge in [0.2, 0.25) is 0 Å². The Hall–Kier alpha value is -1.57. The molecule has 0 amide bonds. The summed E-state index contributed by atoms with van der Waals surface area (Å²) in [4.78, 5) is 0. The molecule has 0 aliphatic rings. The molecule has 2 aromatic rings. The fourth-order valence-corrected chi connectivity index (χ4v) is 3.83. The third-order valence-corrected chi connectivity index (χ3v) is 5.25. The zero-order valence-electron chi connectivity index (χ0n) is 10.4. The predicted octanol–water partition coefficient (Wildman–Crippen LogP) is 2.57. The topological polar surface area (TPSA) is 35.5 Å². The number of ether oxygens (including phenoxy) is 1. The maximum absolute atomic E-state index is 13.1. The summed E-state index contributed by atoms with van der Waals surface area (Å²) in [5, 5.41) is 1.25. The molecule has 0 N–H and O–H groups in total. The largest absolute Gasteiger partial charge is 0.496 e. The molecule has 0 heterocycles. The Labute approximate surface area is 107 Å². The minimum Gasteiger partial charge on any atom is -0.496 e. The fraction of sp³-hybridized carbons (Fsp3) is 0.143. The molecule has 4 heteroatoms. The average molecular weight is 262 g/mol. The van der Waals surface area contributed by atoms with Gasteiger partial charge < -0.3 is 9.26 Å². The summed E-state index contributed by atoms with van der Waals surface area (Å²) < 4.78 is 23.7. The molecule has 1 atom stereocenters. The number of hydrogen-bond acceptors (Lipinski definition) is 3. The maximum atomic E-state index is 13.1. The van der Waals surface area contributed by atoms with Gasteiger partial charge in [0.15, 0.2) is 0 Å². The lowest BCUT2D eigenvalue weighted by Crippen LogP contribution is -2.18. The van der Waals surface area contributed by atoms with Crippen molar-refractivity contribution in [2.75, 3.05) is 14.2 Å². The van der Waals surface area contributed by atoms with Crippen LogP contribution in [0, 0.1) is 0 Å². The Kier molecular flexibility index (Phi) is 3.85. The van der Waals surface area contributed by atoms with Crippen molar-refractivity contribution in [2.24, 2.45) is 0 Å². The van der Waals surface area contributed by atoms with Gasteiger partial charge >= 0.3 is 0 Å². The average Bonchev–Trinajstić information content (AvgIpc) is 2.47. The minimum atomic E-state index is -3.08. The first-order valence-electron chi connectivity index (χ1n) is 5.57. The van der Waals surface area contributed by atoms with Gasteiger partial charge in [-0.05, 0) is 24.3 Å². The Balaban J connectivity index is 2.61. The van der Waals surface area contributed by atoms with Crippen LogP contribution < -0.4 is 15.3 Å². The molecule has 0 saturated carbocycles. The van der Waals surface area contributed by atoms with Crippen LogP contribution >= 0.6 is 7.37 Å². The van der Waals surface area contributed by atoms with Crippen molar-refractivity contribution in [1.82, 2.24) is 0 Å². The summed E-state index contributed by atoms with van der Waals surface area (Å²) in [5.41, 5.74) is 0. The van der Waals surface area contributed by atoms with Crippen LogP contribution in [0.15, 0.2) is 54.6 Å². The molecule has 2 rings (SSSR count). The molecular formula is C14H15O3P. The van der Waals surface area contributed by atoms with Crippen LogP contribution in [0.4, 0.5) is 0 Å². The summed E-state index contributed by atoms with van der Waals surface area (Å²) in [5.74, 6) is 0.575. The van der Waals surface area contributed by atoms with Crippen molar-refractivity contribution in [3.8, 4) is 5.75 Å². The molecular weight excluding hydrogens is 247 g/mol. The summed E-state index contributed by atoms with van der Waals surface area (Å²) in [6.07, 6.45) is 0. The molecule has 0 unspecified atom stereocenters. The monoisotopic (exact) mass is 262 g/mol. The van der Waals surface area contributed by atoms with Crippen LogP contribution in [0.3, 0.4) is 0 Å². The smallest absolute Gasteiger partial charge is 0.264 e. The van der Waals surface area contributed by atoms with Crippen LogP contribution in [0.2, 0.25) is 0 Å². The number of benzene rings is 2. The van der Waals surface area contributed by atoms with Crippen molar-refractivity contribution >= 4 is 18.0 Å². The van der Waals surface area contributed by atoms with E-state index < -0.39 is 7.37 Å². The van der Waals surface area contributed by atoms with Crippen LogP contribution in [0.5, 0.6) is 5.75 Å². The lowest BCUT2D eigenvalue weighted by atomic mass is 10.3. The van der Waals surface area contributed by atoms with Crippen molar-refractivity contribution < 1.29 is 13.8 Å². The van der Waals surface area contributed by atoms with E-state index in [1.54, 1.807) is 31.4 Å². The van der Waals surface area contributed by atoms with E-state index in [1.807, 2.05) is 30.3 Å². The molecule has 2 aromatic carbocycles. The standard InChI is InChI=1S/C14H15O3P/c1-16-13-10-6-7-11-14(13)18(15,17-2)12-8-4-3-5-9-12/h3-11H,1-2H3/t18-/m0/s1. The van der Waals surface area contributed by atoms with Gasteiger partial charge in [-0.1, -0.05) is 30.3 Å². The maximum Gasteiger partial charge on any atom is 0.264 e. The van der Waals surface area contributed by atoms with Gasteiger partial charge in [0.05, 0.1) is 12.4 Å². The highest BCUT2D eigenvalue weighted by molar-refractivity contribution is 7.74. The predicted molar refractivity (Wildman–Crippen MR) is 73.3 cm³/mol. The second-order valence-corrected chi connectivity index (χ2v) is 6.21. The van der Waals surface area contributed by atoms with E-state index in [4.69, 9.17) is 9.26 Å². The van der Waals surface area contributed by atoms with E-state index in [2.05, 4.69) is 0 Å². The van der Waals surface area contributed by atoms with E-state index in [-0.39, 0.29) is 0 Å². The summed E-state index contributed by atoms with van der Waals surface area (Å²) in [6, 6.07) is 16.4. The van der Waals surface area contributed by atoms with Crippen molar-refractivity contribution in [3.05, 3.63) is 54.6 Å². The summed E-state index contributed by atoms with van der Waals surface area (Å²) in [7, 11) is -0.0662. The first-order chi connectivity index (χ1) is 8.72. The van der Waals surface area contributed by atoms with Gasteiger partial charge in [0.1, 0.15) is 5.75 Å². The van der Waals surface area contributed by atoms with E-state index in [1.165, 1.54) is 7.11 Å². The third-order valence-electron chi connectivity index (χ3n) is 2.76. The zero-order valence-corrected chi connectivity index (χ0v) is 11.3. The van der Waals surface area contributed by atoms with Gasteiger partial charge in [-0.25, -0.2) is 0 Å². The first kappa shape index (κ1) is 12.9. The van der Waals surface area contributed by atoms with Crippen LogP contribution in [-0.4, -0.2) is 14.2 Å². The van der Waals surface area contributed by atoms with Gasteiger partial charge in [-0.3, -0.25) is 4.57 Å². The first-order valence-corrected chi connectivity index (χ1v) is 7.20. The van der Waals surface area contributed by atoms with Gasteiger partial charge in [0.25, 0.3) is 7.37 Å². The number of rotatable bonds is 4. The molecule has 3 nitrogen and oxygen atoms in total. The molecule has 0 fully saturated rings. The molecule has 0 saturated heterocycles.